The van der Waals surface area contributed by atoms with Crippen molar-refractivity contribution >= 4 is 46.4 Å². The van der Waals surface area contributed by atoms with Crippen molar-refractivity contribution < 1.29 is 44.0 Å². The Hall–Kier alpha value is -4.21. The van der Waals surface area contributed by atoms with Gasteiger partial charge in [0.15, 0.2) is 11.4 Å². The van der Waals surface area contributed by atoms with Crippen molar-refractivity contribution in [3.05, 3.63) is 70.9 Å². The van der Waals surface area contributed by atoms with Crippen LogP contribution in [0.1, 0.15) is 75.3 Å². The molecule has 1 saturated carbocycles. The third-order valence-electron chi connectivity index (χ3n) is 16.0. The zero-order valence-electron chi connectivity index (χ0n) is 37.4. The van der Waals surface area contributed by atoms with Crippen LogP contribution in [-0.2, 0) is 36.4 Å². The highest BCUT2D eigenvalue weighted by Crippen LogP contribution is 2.67. The highest BCUT2D eigenvalue weighted by Gasteiger charge is 2.78. The fourth-order valence-electron chi connectivity index (χ4n) is 13.5. The maximum absolute atomic E-state index is 14.8. The van der Waals surface area contributed by atoms with Crippen LogP contribution in [0.2, 0.25) is 0 Å². The molecule has 4 unspecified atom stereocenters. The molecule has 0 radical (unpaired) electrons. The van der Waals surface area contributed by atoms with Gasteiger partial charge in [0.2, 0.25) is 0 Å². The van der Waals surface area contributed by atoms with E-state index in [0.29, 0.717) is 50.3 Å². The lowest BCUT2D eigenvalue weighted by atomic mass is 9.47. The number of carbonyl (C=O) groups is 2. The number of hydrogen-bond acceptors (Lipinski definition) is 13. The van der Waals surface area contributed by atoms with Gasteiger partial charge in [-0.05, 0) is 87.4 Å². The summed E-state index contributed by atoms with van der Waals surface area (Å²) in [4.78, 5) is 54.7. The van der Waals surface area contributed by atoms with E-state index >= 15 is 0 Å². The molecule has 10 atom stereocenters. The number of para-hydroxylation sites is 1. The van der Waals surface area contributed by atoms with Gasteiger partial charge in [0.1, 0.15) is 18.5 Å². The summed E-state index contributed by atoms with van der Waals surface area (Å²) in [5.41, 5.74) is 1.10. The number of anilines is 1. The number of nitrogens with zero attached hydrogens (tertiary/aromatic N) is 3. The Morgan fingerprint density at radius 3 is 2.54 bits per heavy atom. The second kappa shape index (κ2) is 17.0. The smallest absolute Gasteiger partial charge is 0.407 e. The van der Waals surface area contributed by atoms with E-state index in [1.54, 1.807) is 18.9 Å². The van der Waals surface area contributed by atoms with Crippen molar-refractivity contribution in [1.82, 2.24) is 20.1 Å². The van der Waals surface area contributed by atoms with Crippen LogP contribution in [0.4, 0.5) is 10.5 Å². The lowest BCUT2D eigenvalue weighted by molar-refractivity contribution is -0.201. The minimum Gasteiger partial charge on any atom is -0.496 e. The van der Waals surface area contributed by atoms with Crippen LogP contribution < -0.4 is 15.0 Å². The number of ketones is 1. The largest absolute Gasteiger partial charge is 0.496 e. The highest BCUT2D eigenvalue weighted by molar-refractivity contribution is 7.98. The van der Waals surface area contributed by atoms with Crippen molar-refractivity contribution in [3.8, 4) is 5.75 Å². The summed E-state index contributed by atoms with van der Waals surface area (Å²) in [7, 11) is 3.64. The Morgan fingerprint density at radius 2 is 1.83 bits per heavy atom. The number of fused-ring (bicyclic) bond motifs is 6. The van der Waals surface area contributed by atoms with Crippen LogP contribution in [0, 0.1) is 11.3 Å². The van der Waals surface area contributed by atoms with Gasteiger partial charge in [0.05, 0.1) is 25.3 Å². The second-order valence-corrected chi connectivity index (χ2v) is 20.0. The van der Waals surface area contributed by atoms with Crippen molar-refractivity contribution in [2.75, 3.05) is 76.9 Å². The molecule has 1 aliphatic carbocycles. The standard InChI is InChI=1S/C47H63N5O7S.CO2/c1-7-44(56)25-29-24-43(3,38-31(14-18-51(27-29)28-44)30-12-9-10-13-34(30)49-38)33-22-32-35(23-36(33)58-5)50(4)40-46(32)16-19-52-17-11-15-45(8-2,39(46)52)41(54)47(40,57)37(53)26-48-42(55)59-20-21-60-6;2-1-3/h9-13,15,22-23,29,39-41,49,54,56-57H,7-8,14,16-21,24-28H2,1-6H3,(H,48,55);/t29?,39?,40-,41-,43-,44?,45-,46-,47+;/m1./s1. The SMILES string of the molecule is CCC1(O)CC2CN(CCc3c([nH]c4ccccc34)[C@@](C)(c3cc4c(cc3OC)N(C)[C@H]3[C@@](O)(C(=O)CNC(=O)OCCSC)[C@H](O)[C@]5(CC)C=CCN6CC[C@]43C65)C2)C1.O=C=O. The number of thioether (sulfide) groups is 1. The van der Waals surface area contributed by atoms with Gasteiger partial charge in [-0.25, -0.2) is 4.79 Å². The van der Waals surface area contributed by atoms with Crippen LogP contribution in [0.3, 0.4) is 0 Å². The zero-order chi connectivity index (χ0) is 45.1. The number of amides is 1. The summed E-state index contributed by atoms with van der Waals surface area (Å²) in [6.45, 7) is 10.0. The number of H-pyrrole nitrogens is 1. The summed E-state index contributed by atoms with van der Waals surface area (Å²) in [6, 6.07) is 11.9. The van der Waals surface area contributed by atoms with Crippen molar-refractivity contribution in [2.24, 2.45) is 11.3 Å². The molecule has 2 bridgehead atoms. The second-order valence-electron chi connectivity index (χ2n) is 19.0. The summed E-state index contributed by atoms with van der Waals surface area (Å²) >= 11 is 1.55. The highest BCUT2D eigenvalue weighted by atomic mass is 32.2. The van der Waals surface area contributed by atoms with E-state index in [1.165, 1.54) is 10.9 Å². The number of piperidine rings is 1. The van der Waals surface area contributed by atoms with Crippen LogP contribution in [0.5, 0.6) is 5.75 Å². The monoisotopic (exact) mass is 885 g/mol. The van der Waals surface area contributed by atoms with Gasteiger partial charge in [-0.2, -0.15) is 21.4 Å². The van der Waals surface area contributed by atoms with Crippen LogP contribution in [0.15, 0.2) is 48.6 Å². The van der Waals surface area contributed by atoms with E-state index in [0.717, 1.165) is 60.5 Å². The van der Waals surface area contributed by atoms with Crippen LogP contribution in [-0.4, -0.2) is 150 Å². The Morgan fingerprint density at radius 1 is 1.06 bits per heavy atom. The molecule has 3 aromatic rings. The molecule has 1 spiro atoms. The molecule has 1 amide bonds. The summed E-state index contributed by atoms with van der Waals surface area (Å²) in [5.74, 6) is 0.884. The number of aliphatic hydroxyl groups is 3. The number of Topliss-reactive ketones (excluding diaryl/α,β-unsaturated/α-hetero) is 1. The number of aromatic nitrogens is 1. The maximum atomic E-state index is 14.8. The molecule has 340 valence electrons. The lowest BCUT2D eigenvalue weighted by Gasteiger charge is -2.63. The number of ether oxygens (including phenoxy) is 2. The number of aliphatic hydroxyl groups excluding tert-OH is 1. The minimum atomic E-state index is -2.26. The van der Waals surface area contributed by atoms with Gasteiger partial charge in [-0.3, -0.25) is 14.6 Å². The van der Waals surface area contributed by atoms with Crippen molar-refractivity contribution in [2.45, 2.75) is 99.5 Å². The van der Waals surface area contributed by atoms with E-state index in [1.807, 2.05) is 25.1 Å². The molecule has 1 aromatic heterocycles. The number of alkyl carbamates (subject to hydrolysis) is 1. The average molecular weight is 886 g/mol. The molecule has 15 heteroatoms. The lowest BCUT2D eigenvalue weighted by Crippen LogP contribution is -2.81. The molecular weight excluding hydrogens is 823 g/mol. The van der Waals surface area contributed by atoms with E-state index in [2.05, 4.69) is 82.5 Å². The number of nitrogens with one attached hydrogen (secondary N) is 2. The predicted octanol–water partition coefficient (Wildman–Crippen LogP) is 4.17. The van der Waals surface area contributed by atoms with E-state index in [-0.39, 0.29) is 24.7 Å². The minimum absolute atomic E-state index is 0.195. The quantitative estimate of drug-likeness (QED) is 0.145. The Balaban J connectivity index is 0.00000177. The summed E-state index contributed by atoms with van der Waals surface area (Å²) in [5, 5.41) is 41.8. The summed E-state index contributed by atoms with van der Waals surface area (Å²) < 4.78 is 11.7. The molecule has 2 saturated heterocycles. The zero-order valence-corrected chi connectivity index (χ0v) is 38.2. The number of methoxy groups -OCH3 is 1. The molecule has 14 nitrogen and oxygen atoms in total. The molecule has 63 heavy (non-hydrogen) atoms. The normalized spacial score (nSPS) is 35.1. The van der Waals surface area contributed by atoms with Gasteiger partial charge < -0.3 is 40.0 Å². The van der Waals surface area contributed by atoms with Gasteiger partial charge in [0.25, 0.3) is 0 Å². The number of benzene rings is 2. The fourth-order valence-corrected chi connectivity index (χ4v) is 13.8. The topological polar surface area (TPSA) is 185 Å². The maximum Gasteiger partial charge on any atom is 0.407 e. The van der Waals surface area contributed by atoms with Gasteiger partial charge in [-0.1, -0.05) is 44.2 Å². The number of aromatic amines is 1. The van der Waals surface area contributed by atoms with Gasteiger partial charge >= 0.3 is 12.2 Å². The molecule has 5 aliphatic heterocycles. The Labute approximate surface area is 373 Å². The predicted molar refractivity (Wildman–Crippen MR) is 240 cm³/mol. The van der Waals surface area contributed by atoms with Crippen LogP contribution in [0.25, 0.3) is 10.9 Å². The number of rotatable bonds is 10. The van der Waals surface area contributed by atoms with Gasteiger partial charge in [-0.15, -0.1) is 0 Å². The first-order valence-electron chi connectivity index (χ1n) is 22.4. The Kier molecular flexibility index (Phi) is 12.2. The molecule has 9 rings (SSSR count). The Bertz CT molecular complexity index is 2320. The molecule has 5 N–H and O–H groups in total. The first kappa shape index (κ1) is 45.4. The number of likely N-dealkylation sites (N-methyl/N-ethyl adjacent to an activating group) is 1. The van der Waals surface area contributed by atoms with E-state index in [9.17, 15) is 24.9 Å². The van der Waals surface area contributed by atoms with Crippen molar-refractivity contribution in [1.29, 1.82) is 0 Å². The third-order valence-corrected chi connectivity index (χ3v) is 16.6. The molecule has 6 aliphatic rings. The van der Waals surface area contributed by atoms with Crippen molar-refractivity contribution in [3.63, 3.8) is 0 Å². The molecule has 2 aromatic carbocycles. The third kappa shape index (κ3) is 6.87. The number of hydrogen-bond donors (Lipinski definition) is 5. The molecule has 6 heterocycles. The number of carbonyl (C=O) groups excluding carboxylic acids is 4. The average Bonchev–Trinajstić information content (AvgIpc) is 3.94. The molecular formula is C48H63N5O9S. The van der Waals surface area contributed by atoms with Crippen LogP contribution >= 0.6 is 11.8 Å². The fraction of sp³-hybridized carbons (Fsp3) is 0.604. The molecule has 3 fully saturated rings. The van der Waals surface area contributed by atoms with E-state index < -0.39 is 58.0 Å². The van der Waals surface area contributed by atoms with Gasteiger partial charge in [0, 0.05) is 95.2 Å². The first-order valence-corrected chi connectivity index (χ1v) is 23.8. The summed E-state index contributed by atoms with van der Waals surface area (Å²) in [6.07, 6.45) is 8.28. The first-order chi connectivity index (χ1) is 30.2. The van der Waals surface area contributed by atoms with E-state index in [4.69, 9.17) is 19.1 Å².